The highest BCUT2D eigenvalue weighted by molar-refractivity contribution is 8.13. The summed E-state index contributed by atoms with van der Waals surface area (Å²) in [6.45, 7) is 5.44. The van der Waals surface area contributed by atoms with Crippen LogP contribution in [0.3, 0.4) is 0 Å². The van der Waals surface area contributed by atoms with Crippen LogP contribution in [0.1, 0.15) is 13.8 Å². The Morgan fingerprint density at radius 3 is 2.35 bits per heavy atom. The third kappa shape index (κ3) is 4.43. The van der Waals surface area contributed by atoms with Gasteiger partial charge >= 0.3 is 6.03 Å². The van der Waals surface area contributed by atoms with E-state index in [1.165, 1.54) is 11.8 Å². The standard InChI is InChI=1S/C11H20N2O2S2/c1-8(2)9(10(14)16-3)12-11(15)13-4-6-17-7-5-13/h8-9H,4-7H2,1-3H3,(H,12,15)/t9-/m0/s1. The largest absolute Gasteiger partial charge is 0.327 e. The highest BCUT2D eigenvalue weighted by Gasteiger charge is 2.26. The zero-order valence-corrected chi connectivity index (χ0v) is 12.2. The minimum Gasteiger partial charge on any atom is -0.327 e. The van der Waals surface area contributed by atoms with Gasteiger partial charge in [-0.15, -0.1) is 0 Å². The molecule has 1 aliphatic heterocycles. The molecule has 6 heteroatoms. The van der Waals surface area contributed by atoms with Crippen molar-refractivity contribution in [1.82, 2.24) is 10.2 Å². The van der Waals surface area contributed by atoms with E-state index in [1.807, 2.05) is 25.6 Å². The quantitative estimate of drug-likeness (QED) is 0.852. The van der Waals surface area contributed by atoms with Crippen molar-refractivity contribution in [2.75, 3.05) is 30.9 Å². The van der Waals surface area contributed by atoms with Crippen molar-refractivity contribution in [1.29, 1.82) is 0 Å². The van der Waals surface area contributed by atoms with E-state index in [-0.39, 0.29) is 23.1 Å². The van der Waals surface area contributed by atoms with Gasteiger partial charge in [0.1, 0.15) is 6.04 Å². The van der Waals surface area contributed by atoms with Crippen LogP contribution in [0.25, 0.3) is 0 Å². The number of rotatable bonds is 3. The number of nitrogens with zero attached hydrogens (tertiary/aromatic N) is 1. The van der Waals surface area contributed by atoms with Crippen LogP contribution in [-0.4, -0.2) is 52.9 Å². The molecular formula is C11H20N2O2S2. The maximum atomic E-state index is 12.0. The highest BCUT2D eigenvalue weighted by atomic mass is 32.2. The molecule has 0 radical (unpaired) electrons. The maximum Gasteiger partial charge on any atom is 0.318 e. The molecular weight excluding hydrogens is 256 g/mol. The van der Waals surface area contributed by atoms with Gasteiger partial charge < -0.3 is 10.2 Å². The smallest absolute Gasteiger partial charge is 0.318 e. The Kier molecular flexibility index (Phi) is 6.19. The van der Waals surface area contributed by atoms with Gasteiger partial charge in [-0.3, -0.25) is 4.79 Å². The van der Waals surface area contributed by atoms with Crippen LogP contribution in [0.5, 0.6) is 0 Å². The second kappa shape index (κ2) is 7.16. The average molecular weight is 276 g/mol. The molecule has 1 atom stereocenters. The van der Waals surface area contributed by atoms with Gasteiger partial charge in [0.05, 0.1) is 0 Å². The van der Waals surface area contributed by atoms with E-state index >= 15 is 0 Å². The van der Waals surface area contributed by atoms with Crippen LogP contribution in [0.2, 0.25) is 0 Å². The van der Waals surface area contributed by atoms with Gasteiger partial charge in [0.25, 0.3) is 0 Å². The van der Waals surface area contributed by atoms with Crippen LogP contribution in [0, 0.1) is 5.92 Å². The van der Waals surface area contributed by atoms with Crippen molar-refractivity contribution in [2.45, 2.75) is 19.9 Å². The highest BCUT2D eigenvalue weighted by Crippen LogP contribution is 2.13. The lowest BCUT2D eigenvalue weighted by molar-refractivity contribution is -0.113. The average Bonchev–Trinajstić information content (AvgIpc) is 2.35. The molecule has 1 aliphatic rings. The topological polar surface area (TPSA) is 49.4 Å². The summed E-state index contributed by atoms with van der Waals surface area (Å²) in [4.78, 5) is 25.5. The molecule has 17 heavy (non-hydrogen) atoms. The van der Waals surface area contributed by atoms with E-state index in [0.717, 1.165) is 24.6 Å². The molecule has 1 N–H and O–H groups in total. The minimum absolute atomic E-state index is 0.0275. The van der Waals surface area contributed by atoms with Crippen LogP contribution < -0.4 is 5.32 Å². The lowest BCUT2D eigenvalue weighted by Crippen LogP contribution is -2.51. The van der Waals surface area contributed by atoms with E-state index in [1.54, 1.807) is 11.2 Å². The molecule has 0 saturated carbocycles. The molecule has 0 spiro atoms. The molecule has 0 bridgehead atoms. The molecule has 1 rings (SSSR count). The Labute approximate surface area is 111 Å². The molecule has 1 saturated heterocycles. The van der Waals surface area contributed by atoms with Gasteiger partial charge in [-0.2, -0.15) is 11.8 Å². The molecule has 2 amide bonds. The minimum atomic E-state index is -0.382. The number of urea groups is 1. The molecule has 0 aliphatic carbocycles. The van der Waals surface area contributed by atoms with Gasteiger partial charge in [-0.25, -0.2) is 4.79 Å². The number of nitrogens with one attached hydrogen (secondary N) is 1. The predicted molar refractivity (Wildman–Crippen MR) is 74.6 cm³/mol. The fourth-order valence-corrected chi connectivity index (χ4v) is 3.10. The van der Waals surface area contributed by atoms with E-state index in [2.05, 4.69) is 5.32 Å². The number of hydrogen-bond acceptors (Lipinski definition) is 4. The maximum absolute atomic E-state index is 12.0. The van der Waals surface area contributed by atoms with Crippen molar-refractivity contribution in [3.63, 3.8) is 0 Å². The van der Waals surface area contributed by atoms with E-state index in [4.69, 9.17) is 0 Å². The van der Waals surface area contributed by atoms with Crippen LogP contribution in [-0.2, 0) is 4.79 Å². The molecule has 4 nitrogen and oxygen atoms in total. The van der Waals surface area contributed by atoms with Crippen molar-refractivity contribution >= 4 is 34.7 Å². The van der Waals surface area contributed by atoms with Crippen molar-refractivity contribution in [2.24, 2.45) is 5.92 Å². The van der Waals surface area contributed by atoms with E-state index < -0.39 is 0 Å². The first-order chi connectivity index (χ1) is 8.06. The first kappa shape index (κ1) is 14.7. The predicted octanol–water partition coefficient (Wildman–Crippen LogP) is 1.66. The fourth-order valence-electron chi connectivity index (χ4n) is 1.62. The van der Waals surface area contributed by atoms with Gasteiger partial charge in [-0.05, 0) is 12.2 Å². The summed E-state index contributed by atoms with van der Waals surface area (Å²) in [5.74, 6) is 2.09. The van der Waals surface area contributed by atoms with Crippen LogP contribution in [0.4, 0.5) is 4.79 Å². The van der Waals surface area contributed by atoms with Gasteiger partial charge in [0.15, 0.2) is 0 Å². The monoisotopic (exact) mass is 276 g/mol. The Morgan fingerprint density at radius 1 is 1.29 bits per heavy atom. The summed E-state index contributed by atoms with van der Waals surface area (Å²) in [6, 6.07) is -0.488. The third-order valence-electron chi connectivity index (χ3n) is 2.70. The number of hydrogen-bond donors (Lipinski definition) is 1. The molecule has 0 aromatic carbocycles. The molecule has 1 fully saturated rings. The zero-order valence-electron chi connectivity index (χ0n) is 10.6. The first-order valence-corrected chi connectivity index (χ1v) is 8.15. The van der Waals surface area contributed by atoms with Crippen LogP contribution in [0.15, 0.2) is 0 Å². The van der Waals surface area contributed by atoms with Crippen LogP contribution >= 0.6 is 23.5 Å². The molecule has 98 valence electrons. The van der Waals surface area contributed by atoms with Gasteiger partial charge in [0, 0.05) is 24.6 Å². The Bertz CT molecular complexity index is 279. The summed E-state index contributed by atoms with van der Waals surface area (Å²) in [5, 5.41) is 2.87. The first-order valence-electron chi connectivity index (χ1n) is 5.77. The number of thioether (sulfide) groups is 2. The normalized spacial score (nSPS) is 18.0. The van der Waals surface area contributed by atoms with Crippen molar-refractivity contribution < 1.29 is 9.59 Å². The lowest BCUT2D eigenvalue weighted by atomic mass is 10.1. The molecule has 0 aromatic rings. The summed E-state index contributed by atoms with van der Waals surface area (Å²) in [7, 11) is 0. The second-order valence-electron chi connectivity index (χ2n) is 4.29. The summed E-state index contributed by atoms with van der Waals surface area (Å²) >= 11 is 3.03. The summed E-state index contributed by atoms with van der Waals surface area (Å²) in [6.07, 6.45) is 1.75. The third-order valence-corrected chi connectivity index (χ3v) is 4.30. The SMILES string of the molecule is CSC(=O)[C@@H](NC(=O)N1CCSCC1)C(C)C. The summed E-state index contributed by atoms with van der Waals surface area (Å²) < 4.78 is 0. The number of amides is 2. The Balaban J connectivity index is 2.54. The number of carbonyl (C=O) groups is 2. The van der Waals surface area contributed by atoms with Crippen molar-refractivity contribution in [3.05, 3.63) is 0 Å². The molecule has 0 aromatic heterocycles. The van der Waals surface area contributed by atoms with E-state index in [9.17, 15) is 9.59 Å². The van der Waals surface area contributed by atoms with Gasteiger partial charge in [0.2, 0.25) is 5.12 Å². The molecule has 1 heterocycles. The Hall–Kier alpha value is -0.360. The summed E-state index contributed by atoms with van der Waals surface area (Å²) in [5.41, 5.74) is 0. The lowest BCUT2D eigenvalue weighted by Gasteiger charge is -2.29. The Morgan fingerprint density at radius 2 is 1.88 bits per heavy atom. The van der Waals surface area contributed by atoms with E-state index in [0.29, 0.717) is 0 Å². The number of carbonyl (C=O) groups excluding carboxylic acids is 2. The second-order valence-corrected chi connectivity index (χ2v) is 6.33. The fraction of sp³-hybridized carbons (Fsp3) is 0.818. The zero-order chi connectivity index (χ0) is 12.8. The molecule has 0 unspecified atom stereocenters. The van der Waals surface area contributed by atoms with Crippen molar-refractivity contribution in [3.8, 4) is 0 Å². The van der Waals surface area contributed by atoms with Gasteiger partial charge in [-0.1, -0.05) is 25.6 Å².